The first-order valence-electron chi connectivity index (χ1n) is 7.81. The lowest BCUT2D eigenvalue weighted by Crippen LogP contribution is -2.33. The van der Waals surface area contributed by atoms with Crippen LogP contribution in [0.2, 0.25) is 0 Å². The molecule has 2 unspecified atom stereocenters. The minimum absolute atomic E-state index is 0.287. The van der Waals surface area contributed by atoms with Crippen LogP contribution in [0.3, 0.4) is 0 Å². The molecule has 3 fully saturated rings. The van der Waals surface area contributed by atoms with E-state index in [0.29, 0.717) is 12.7 Å². The summed E-state index contributed by atoms with van der Waals surface area (Å²) in [5.41, 5.74) is 0.287. The quantitative estimate of drug-likeness (QED) is 0.833. The zero-order valence-electron chi connectivity index (χ0n) is 11.4. The summed E-state index contributed by atoms with van der Waals surface area (Å²) >= 11 is 0. The van der Waals surface area contributed by atoms with Crippen molar-refractivity contribution in [1.29, 1.82) is 0 Å². The fourth-order valence-electron chi connectivity index (χ4n) is 4.20. The van der Waals surface area contributed by atoms with E-state index in [4.69, 9.17) is 9.84 Å². The second-order valence-electron chi connectivity index (χ2n) is 6.60. The van der Waals surface area contributed by atoms with Crippen LogP contribution < -0.4 is 0 Å². The minimum Gasteiger partial charge on any atom is -0.396 e. The molecule has 0 aromatic carbocycles. The average Bonchev–Trinajstić information content (AvgIpc) is 3.06. The normalized spacial score (nSPS) is 35.8. The summed E-state index contributed by atoms with van der Waals surface area (Å²) in [6.07, 6.45) is 10.6. The van der Waals surface area contributed by atoms with Gasteiger partial charge in [-0.1, -0.05) is 12.8 Å². The van der Waals surface area contributed by atoms with Gasteiger partial charge < -0.3 is 14.7 Å². The Bertz CT molecular complexity index is 276. The topological polar surface area (TPSA) is 32.7 Å². The number of ether oxygens (including phenoxy) is 1. The Kier molecular flexibility index (Phi) is 3.92. The number of hydrogen-bond acceptors (Lipinski definition) is 3. The van der Waals surface area contributed by atoms with Crippen molar-refractivity contribution < 1.29 is 9.84 Å². The lowest BCUT2D eigenvalue weighted by molar-refractivity contribution is -0.0456. The fraction of sp³-hybridized carbons (Fsp3) is 1.00. The SMILES string of the molecule is OCCC1CCN(CC2CCC3(CCCC3)O2)C1. The first-order chi connectivity index (χ1) is 8.80. The van der Waals surface area contributed by atoms with Crippen molar-refractivity contribution in [3.05, 3.63) is 0 Å². The highest BCUT2D eigenvalue weighted by molar-refractivity contribution is 4.94. The van der Waals surface area contributed by atoms with E-state index in [0.717, 1.165) is 18.9 Å². The van der Waals surface area contributed by atoms with Gasteiger partial charge in [-0.25, -0.2) is 0 Å². The summed E-state index contributed by atoms with van der Waals surface area (Å²) in [5, 5.41) is 8.99. The Balaban J connectivity index is 1.44. The zero-order valence-corrected chi connectivity index (χ0v) is 11.4. The molecule has 1 aliphatic carbocycles. The van der Waals surface area contributed by atoms with Gasteiger partial charge in [-0.15, -0.1) is 0 Å². The molecule has 2 atom stereocenters. The van der Waals surface area contributed by atoms with Crippen molar-refractivity contribution >= 4 is 0 Å². The van der Waals surface area contributed by atoms with Crippen LogP contribution in [0.4, 0.5) is 0 Å². The molecule has 18 heavy (non-hydrogen) atoms. The molecule has 1 saturated carbocycles. The molecule has 3 aliphatic rings. The molecule has 3 rings (SSSR count). The van der Waals surface area contributed by atoms with E-state index in [-0.39, 0.29) is 5.60 Å². The molecule has 0 aromatic heterocycles. The van der Waals surface area contributed by atoms with Crippen molar-refractivity contribution in [1.82, 2.24) is 4.90 Å². The Morgan fingerprint density at radius 2 is 2.00 bits per heavy atom. The van der Waals surface area contributed by atoms with Gasteiger partial charge in [0.25, 0.3) is 0 Å². The van der Waals surface area contributed by atoms with E-state index in [1.807, 2.05) is 0 Å². The Morgan fingerprint density at radius 1 is 1.17 bits per heavy atom. The zero-order chi connectivity index (χ0) is 12.4. The molecule has 3 heteroatoms. The predicted octanol–water partition coefficient (Wildman–Crippen LogP) is 2.18. The summed E-state index contributed by atoms with van der Waals surface area (Å²) in [6.45, 7) is 3.86. The van der Waals surface area contributed by atoms with Gasteiger partial charge in [0.15, 0.2) is 0 Å². The summed E-state index contributed by atoms with van der Waals surface area (Å²) in [5.74, 6) is 0.719. The third-order valence-electron chi connectivity index (χ3n) is 5.22. The van der Waals surface area contributed by atoms with Gasteiger partial charge in [-0.05, 0) is 51.0 Å². The van der Waals surface area contributed by atoms with E-state index in [2.05, 4.69) is 4.90 Å². The van der Waals surface area contributed by atoms with Crippen molar-refractivity contribution in [2.75, 3.05) is 26.2 Å². The molecule has 0 bridgehead atoms. The monoisotopic (exact) mass is 253 g/mol. The summed E-state index contributed by atoms with van der Waals surface area (Å²) in [7, 11) is 0. The Hall–Kier alpha value is -0.120. The number of nitrogens with zero attached hydrogens (tertiary/aromatic N) is 1. The molecule has 2 saturated heterocycles. The lowest BCUT2D eigenvalue weighted by Gasteiger charge is -2.26. The fourth-order valence-corrected chi connectivity index (χ4v) is 4.20. The second kappa shape index (κ2) is 5.48. The van der Waals surface area contributed by atoms with E-state index < -0.39 is 0 Å². The number of aliphatic hydroxyl groups excluding tert-OH is 1. The summed E-state index contributed by atoms with van der Waals surface area (Å²) in [4.78, 5) is 2.55. The predicted molar refractivity (Wildman–Crippen MR) is 71.6 cm³/mol. The first-order valence-corrected chi connectivity index (χ1v) is 7.81. The van der Waals surface area contributed by atoms with Crippen molar-refractivity contribution in [3.63, 3.8) is 0 Å². The lowest BCUT2D eigenvalue weighted by atomic mass is 9.98. The van der Waals surface area contributed by atoms with Crippen LogP contribution in [0.15, 0.2) is 0 Å². The highest BCUT2D eigenvalue weighted by Crippen LogP contribution is 2.43. The number of likely N-dealkylation sites (tertiary alicyclic amines) is 1. The van der Waals surface area contributed by atoms with Crippen LogP contribution >= 0.6 is 0 Å². The third kappa shape index (κ3) is 2.73. The highest BCUT2D eigenvalue weighted by atomic mass is 16.5. The Morgan fingerprint density at radius 3 is 2.78 bits per heavy atom. The van der Waals surface area contributed by atoms with Gasteiger partial charge in [-0.3, -0.25) is 0 Å². The van der Waals surface area contributed by atoms with Gasteiger partial charge in [-0.2, -0.15) is 0 Å². The highest BCUT2D eigenvalue weighted by Gasteiger charge is 2.42. The molecular weight excluding hydrogens is 226 g/mol. The van der Waals surface area contributed by atoms with Gasteiger partial charge in [0.2, 0.25) is 0 Å². The van der Waals surface area contributed by atoms with Crippen molar-refractivity contribution in [3.8, 4) is 0 Å². The maximum atomic E-state index is 8.99. The van der Waals surface area contributed by atoms with Crippen molar-refractivity contribution in [2.24, 2.45) is 5.92 Å². The second-order valence-corrected chi connectivity index (χ2v) is 6.60. The van der Waals surface area contributed by atoms with Crippen LogP contribution in [0, 0.1) is 5.92 Å². The van der Waals surface area contributed by atoms with Gasteiger partial charge in [0.05, 0.1) is 11.7 Å². The minimum atomic E-state index is 0.287. The molecule has 2 heterocycles. The first kappa shape index (κ1) is 12.9. The van der Waals surface area contributed by atoms with E-state index in [1.165, 1.54) is 58.0 Å². The van der Waals surface area contributed by atoms with E-state index >= 15 is 0 Å². The molecule has 104 valence electrons. The Labute approximate surface area is 110 Å². The average molecular weight is 253 g/mol. The number of rotatable bonds is 4. The third-order valence-corrected chi connectivity index (χ3v) is 5.22. The molecular formula is C15H27NO2. The molecule has 0 aromatic rings. The largest absolute Gasteiger partial charge is 0.396 e. The van der Waals surface area contributed by atoms with Crippen LogP contribution in [0.1, 0.15) is 51.4 Å². The summed E-state index contributed by atoms with van der Waals surface area (Å²) in [6, 6.07) is 0. The molecule has 1 N–H and O–H groups in total. The number of aliphatic hydroxyl groups is 1. The number of hydrogen-bond donors (Lipinski definition) is 1. The molecule has 0 amide bonds. The molecule has 1 spiro atoms. The molecule has 3 nitrogen and oxygen atoms in total. The summed E-state index contributed by atoms with van der Waals surface area (Å²) < 4.78 is 6.38. The maximum absolute atomic E-state index is 8.99. The molecule has 2 aliphatic heterocycles. The van der Waals surface area contributed by atoms with Gasteiger partial charge in [0.1, 0.15) is 0 Å². The van der Waals surface area contributed by atoms with E-state index in [9.17, 15) is 0 Å². The van der Waals surface area contributed by atoms with E-state index in [1.54, 1.807) is 0 Å². The van der Waals surface area contributed by atoms with Crippen LogP contribution in [-0.2, 0) is 4.74 Å². The van der Waals surface area contributed by atoms with Gasteiger partial charge >= 0.3 is 0 Å². The maximum Gasteiger partial charge on any atom is 0.0710 e. The standard InChI is InChI=1S/C15H27NO2/c17-10-5-13-4-9-16(11-13)12-14-3-8-15(18-14)6-1-2-7-15/h13-14,17H,1-12H2. The van der Waals surface area contributed by atoms with Gasteiger partial charge in [0, 0.05) is 19.7 Å². The van der Waals surface area contributed by atoms with Crippen LogP contribution in [0.25, 0.3) is 0 Å². The van der Waals surface area contributed by atoms with Crippen LogP contribution in [0.5, 0.6) is 0 Å². The van der Waals surface area contributed by atoms with Crippen molar-refractivity contribution in [2.45, 2.75) is 63.1 Å². The van der Waals surface area contributed by atoms with Crippen LogP contribution in [-0.4, -0.2) is 48.0 Å². The smallest absolute Gasteiger partial charge is 0.0710 e. The molecule has 0 radical (unpaired) electrons.